The molecule has 2 rings (SSSR count). The van der Waals surface area contributed by atoms with Gasteiger partial charge in [-0.3, -0.25) is 4.79 Å². The van der Waals surface area contributed by atoms with E-state index in [2.05, 4.69) is 4.98 Å². The molecule has 1 heterocycles. The van der Waals surface area contributed by atoms with Crippen molar-refractivity contribution in [2.75, 3.05) is 0 Å². The molecule has 1 amide bonds. The van der Waals surface area contributed by atoms with Crippen molar-refractivity contribution >= 4 is 17.2 Å². The molecule has 88 valence electrons. The van der Waals surface area contributed by atoms with Gasteiger partial charge in [0.25, 0.3) is 0 Å². The lowest BCUT2D eigenvalue weighted by Gasteiger charge is -2.29. The Labute approximate surface area is 99.5 Å². The Kier molecular flexibility index (Phi) is 3.25. The molecular formula is C11H17N3OS. The monoisotopic (exact) mass is 239 g/mol. The van der Waals surface area contributed by atoms with Crippen molar-refractivity contribution in [3.05, 3.63) is 16.6 Å². The molecule has 0 saturated heterocycles. The minimum Gasteiger partial charge on any atom is -0.329 e. The van der Waals surface area contributed by atoms with Gasteiger partial charge in [0.15, 0.2) is 0 Å². The predicted molar refractivity (Wildman–Crippen MR) is 64.0 cm³/mol. The van der Waals surface area contributed by atoms with Gasteiger partial charge in [0, 0.05) is 17.6 Å². The molecular weight excluding hydrogens is 222 g/mol. The number of hydrogen-bond donors (Lipinski definition) is 1. The number of carbonyl (C=O) groups is 1. The van der Waals surface area contributed by atoms with Crippen LogP contribution in [-0.2, 0) is 4.79 Å². The second kappa shape index (κ2) is 4.51. The summed E-state index contributed by atoms with van der Waals surface area (Å²) in [6.07, 6.45) is 3.96. The van der Waals surface area contributed by atoms with E-state index in [9.17, 15) is 4.79 Å². The number of hydrogen-bond acceptors (Lipinski definition) is 4. The summed E-state index contributed by atoms with van der Waals surface area (Å²) in [5, 5.41) is 2.92. The smallest absolute Gasteiger partial charge is 0.240 e. The molecule has 1 saturated carbocycles. The van der Waals surface area contributed by atoms with Crippen molar-refractivity contribution in [2.24, 2.45) is 5.73 Å². The fraction of sp³-hybridized carbons (Fsp3) is 0.636. The van der Waals surface area contributed by atoms with Crippen LogP contribution in [0, 0.1) is 0 Å². The molecule has 1 aromatic rings. The number of aromatic nitrogens is 1. The summed E-state index contributed by atoms with van der Waals surface area (Å²) in [5.41, 5.74) is 5.69. The van der Waals surface area contributed by atoms with E-state index < -0.39 is 6.04 Å². The Morgan fingerprint density at radius 2 is 2.31 bits per heavy atom. The summed E-state index contributed by atoms with van der Waals surface area (Å²) in [6.45, 7) is 3.77. The first-order valence-electron chi connectivity index (χ1n) is 5.58. The zero-order chi connectivity index (χ0) is 11.7. The lowest BCUT2D eigenvalue weighted by Crippen LogP contribution is -2.44. The largest absolute Gasteiger partial charge is 0.329 e. The molecule has 1 aromatic heterocycles. The molecule has 2 N–H and O–H groups in total. The van der Waals surface area contributed by atoms with Crippen LogP contribution in [0.15, 0.2) is 11.6 Å². The summed E-state index contributed by atoms with van der Waals surface area (Å²) >= 11 is 1.59. The van der Waals surface area contributed by atoms with Crippen LogP contribution in [0.25, 0.3) is 0 Å². The van der Waals surface area contributed by atoms with Crippen molar-refractivity contribution < 1.29 is 4.79 Å². The van der Waals surface area contributed by atoms with Gasteiger partial charge in [-0.2, -0.15) is 0 Å². The summed E-state index contributed by atoms with van der Waals surface area (Å²) in [4.78, 5) is 18.2. The fourth-order valence-corrected chi connectivity index (χ4v) is 2.53. The topological polar surface area (TPSA) is 59.2 Å². The van der Waals surface area contributed by atoms with E-state index in [4.69, 9.17) is 5.73 Å². The molecule has 0 spiro atoms. The highest BCUT2D eigenvalue weighted by atomic mass is 32.1. The van der Waals surface area contributed by atoms with Crippen molar-refractivity contribution in [3.63, 3.8) is 0 Å². The van der Waals surface area contributed by atoms with Crippen LogP contribution < -0.4 is 5.73 Å². The van der Waals surface area contributed by atoms with Crippen LogP contribution in [0.2, 0.25) is 0 Å². The second-order valence-electron chi connectivity index (χ2n) is 4.31. The third kappa shape index (κ3) is 2.25. The SMILES string of the molecule is C[C@H](N)C(=O)N(C1CC1)[C@@H](C)c1nccs1. The molecule has 1 aliphatic rings. The highest BCUT2D eigenvalue weighted by Crippen LogP contribution is 2.35. The first-order valence-corrected chi connectivity index (χ1v) is 6.46. The van der Waals surface area contributed by atoms with E-state index in [0.717, 1.165) is 17.8 Å². The van der Waals surface area contributed by atoms with E-state index in [1.165, 1.54) is 0 Å². The van der Waals surface area contributed by atoms with Gasteiger partial charge in [0.05, 0.1) is 12.1 Å². The van der Waals surface area contributed by atoms with Crippen LogP contribution in [0.1, 0.15) is 37.7 Å². The molecule has 0 aliphatic heterocycles. The predicted octanol–water partition coefficient (Wildman–Crippen LogP) is 1.54. The first-order chi connectivity index (χ1) is 7.61. The normalized spacial score (nSPS) is 19.2. The number of nitrogens with two attached hydrogens (primary N) is 1. The van der Waals surface area contributed by atoms with Crippen LogP contribution in [-0.4, -0.2) is 27.9 Å². The van der Waals surface area contributed by atoms with Gasteiger partial charge >= 0.3 is 0 Å². The maximum absolute atomic E-state index is 12.0. The van der Waals surface area contributed by atoms with E-state index in [0.29, 0.717) is 6.04 Å². The average molecular weight is 239 g/mol. The Morgan fingerprint density at radius 1 is 1.62 bits per heavy atom. The Balaban J connectivity index is 2.16. The third-order valence-electron chi connectivity index (χ3n) is 2.81. The van der Waals surface area contributed by atoms with E-state index in [1.807, 2.05) is 17.2 Å². The maximum Gasteiger partial charge on any atom is 0.240 e. The van der Waals surface area contributed by atoms with Crippen molar-refractivity contribution in [1.82, 2.24) is 9.88 Å². The second-order valence-corrected chi connectivity index (χ2v) is 5.24. The van der Waals surface area contributed by atoms with Crippen LogP contribution in [0.5, 0.6) is 0 Å². The van der Waals surface area contributed by atoms with Gasteiger partial charge in [-0.1, -0.05) is 0 Å². The maximum atomic E-state index is 12.0. The van der Waals surface area contributed by atoms with Crippen LogP contribution >= 0.6 is 11.3 Å². The minimum absolute atomic E-state index is 0.0326. The molecule has 16 heavy (non-hydrogen) atoms. The number of nitrogens with zero attached hydrogens (tertiary/aromatic N) is 2. The summed E-state index contributed by atoms with van der Waals surface area (Å²) < 4.78 is 0. The van der Waals surface area contributed by atoms with Crippen molar-refractivity contribution in [2.45, 2.75) is 44.8 Å². The van der Waals surface area contributed by atoms with E-state index in [-0.39, 0.29) is 11.9 Å². The van der Waals surface area contributed by atoms with Gasteiger partial charge in [-0.05, 0) is 26.7 Å². The summed E-state index contributed by atoms with van der Waals surface area (Å²) in [6, 6.07) is -0.00795. The zero-order valence-electron chi connectivity index (χ0n) is 9.59. The fourth-order valence-electron chi connectivity index (χ4n) is 1.83. The molecule has 0 unspecified atom stereocenters. The average Bonchev–Trinajstić information content (AvgIpc) is 2.93. The van der Waals surface area contributed by atoms with Crippen molar-refractivity contribution in [1.29, 1.82) is 0 Å². The number of carbonyl (C=O) groups excluding carboxylic acids is 1. The molecule has 0 aromatic carbocycles. The lowest BCUT2D eigenvalue weighted by molar-refractivity contribution is -0.135. The highest BCUT2D eigenvalue weighted by Gasteiger charge is 2.37. The van der Waals surface area contributed by atoms with Gasteiger partial charge in [0.2, 0.25) is 5.91 Å². The van der Waals surface area contributed by atoms with Gasteiger partial charge in [-0.15, -0.1) is 11.3 Å². The Hall–Kier alpha value is -0.940. The third-order valence-corrected chi connectivity index (χ3v) is 3.76. The van der Waals surface area contributed by atoms with Gasteiger partial charge in [-0.25, -0.2) is 4.98 Å². The molecule has 0 bridgehead atoms. The van der Waals surface area contributed by atoms with Gasteiger partial charge in [0.1, 0.15) is 5.01 Å². The Morgan fingerprint density at radius 3 is 2.75 bits per heavy atom. The number of rotatable bonds is 4. The van der Waals surface area contributed by atoms with E-state index in [1.54, 1.807) is 24.5 Å². The molecule has 0 radical (unpaired) electrons. The lowest BCUT2D eigenvalue weighted by atomic mass is 10.2. The molecule has 4 nitrogen and oxygen atoms in total. The first kappa shape index (κ1) is 11.5. The number of thiazole rings is 1. The summed E-state index contributed by atoms with van der Waals surface area (Å²) in [5.74, 6) is 0.0326. The standard InChI is InChI=1S/C11H17N3OS/c1-7(12)11(15)14(9-3-4-9)8(2)10-13-5-6-16-10/h5-9H,3-4,12H2,1-2H3/t7-,8-/m0/s1. The number of amides is 1. The minimum atomic E-state index is -0.428. The van der Waals surface area contributed by atoms with Crippen molar-refractivity contribution in [3.8, 4) is 0 Å². The molecule has 5 heteroatoms. The quantitative estimate of drug-likeness (QED) is 0.867. The van der Waals surface area contributed by atoms with Crippen LogP contribution in [0.3, 0.4) is 0 Å². The highest BCUT2D eigenvalue weighted by molar-refractivity contribution is 7.09. The van der Waals surface area contributed by atoms with E-state index >= 15 is 0 Å². The van der Waals surface area contributed by atoms with Gasteiger partial charge < -0.3 is 10.6 Å². The summed E-state index contributed by atoms with van der Waals surface area (Å²) in [7, 11) is 0. The van der Waals surface area contributed by atoms with Crippen LogP contribution in [0.4, 0.5) is 0 Å². The molecule has 2 atom stereocenters. The molecule has 1 aliphatic carbocycles. The Bertz CT molecular complexity index is 359. The molecule has 1 fully saturated rings. The zero-order valence-corrected chi connectivity index (χ0v) is 10.4.